The number of hydrogen-bond acceptors (Lipinski definition) is 3. The second-order valence-electron chi connectivity index (χ2n) is 5.09. The summed E-state index contributed by atoms with van der Waals surface area (Å²) in [7, 11) is 0. The van der Waals surface area contributed by atoms with Gasteiger partial charge in [-0.1, -0.05) is 27.2 Å². The van der Waals surface area contributed by atoms with E-state index in [0.717, 1.165) is 26.2 Å². The number of rotatable bonds is 9. The van der Waals surface area contributed by atoms with Gasteiger partial charge >= 0.3 is 0 Å². The summed E-state index contributed by atoms with van der Waals surface area (Å²) < 4.78 is 11.7. The predicted molar refractivity (Wildman–Crippen MR) is 71.3 cm³/mol. The summed E-state index contributed by atoms with van der Waals surface area (Å²) in [5.74, 6) is 0.667. The molecule has 1 aliphatic rings. The molecule has 1 aliphatic carbocycles. The second kappa shape index (κ2) is 8.06. The quantitative estimate of drug-likeness (QED) is 0.675. The fraction of sp³-hybridized carbons (Fsp3) is 1.00. The average Bonchev–Trinajstić information content (AvgIpc) is 2.30. The van der Waals surface area contributed by atoms with Gasteiger partial charge in [-0.15, -0.1) is 0 Å². The molecule has 1 fully saturated rings. The molecule has 0 aromatic heterocycles. The van der Waals surface area contributed by atoms with E-state index >= 15 is 0 Å². The fourth-order valence-corrected chi connectivity index (χ4v) is 2.49. The van der Waals surface area contributed by atoms with Gasteiger partial charge in [-0.3, -0.25) is 0 Å². The molecule has 0 radical (unpaired) electrons. The summed E-state index contributed by atoms with van der Waals surface area (Å²) in [4.78, 5) is 0. The highest BCUT2D eigenvalue weighted by atomic mass is 16.5. The molecular formula is C14H29NO2. The zero-order valence-electron chi connectivity index (χ0n) is 11.9. The number of hydrogen-bond donors (Lipinski definition) is 1. The Morgan fingerprint density at radius 1 is 1.24 bits per heavy atom. The van der Waals surface area contributed by atoms with Crippen molar-refractivity contribution in [3.8, 4) is 0 Å². The summed E-state index contributed by atoms with van der Waals surface area (Å²) in [6.45, 7) is 11.3. The van der Waals surface area contributed by atoms with Crippen molar-refractivity contribution in [3.63, 3.8) is 0 Å². The first-order valence-corrected chi connectivity index (χ1v) is 7.19. The third kappa shape index (κ3) is 4.57. The minimum atomic E-state index is 0.258. The first kappa shape index (κ1) is 14.9. The van der Waals surface area contributed by atoms with Gasteiger partial charge in [0.1, 0.15) is 0 Å². The Morgan fingerprint density at radius 3 is 2.59 bits per heavy atom. The molecule has 4 atom stereocenters. The SMILES string of the molecule is CCCC(C)COC1CC(NCC)C1OCC. The molecule has 3 heteroatoms. The first-order chi connectivity index (χ1) is 8.22. The van der Waals surface area contributed by atoms with E-state index < -0.39 is 0 Å². The second-order valence-corrected chi connectivity index (χ2v) is 5.09. The van der Waals surface area contributed by atoms with Crippen LogP contribution in [0.5, 0.6) is 0 Å². The molecule has 0 spiro atoms. The molecule has 0 bridgehead atoms. The molecule has 102 valence electrons. The maximum absolute atomic E-state index is 5.97. The van der Waals surface area contributed by atoms with Gasteiger partial charge in [0.05, 0.1) is 12.2 Å². The van der Waals surface area contributed by atoms with Gasteiger partial charge in [-0.25, -0.2) is 0 Å². The van der Waals surface area contributed by atoms with Gasteiger partial charge in [0, 0.05) is 19.3 Å². The normalized spacial score (nSPS) is 30.0. The fourth-order valence-electron chi connectivity index (χ4n) is 2.49. The largest absolute Gasteiger partial charge is 0.375 e. The molecule has 17 heavy (non-hydrogen) atoms. The van der Waals surface area contributed by atoms with Crippen molar-refractivity contribution in [2.75, 3.05) is 19.8 Å². The predicted octanol–water partition coefficient (Wildman–Crippen LogP) is 2.59. The Labute approximate surface area is 106 Å². The third-order valence-electron chi connectivity index (χ3n) is 3.45. The van der Waals surface area contributed by atoms with Crippen molar-refractivity contribution < 1.29 is 9.47 Å². The number of likely N-dealkylation sites (N-methyl/N-ethyl adjacent to an activating group) is 1. The van der Waals surface area contributed by atoms with Crippen LogP contribution >= 0.6 is 0 Å². The molecular weight excluding hydrogens is 214 g/mol. The molecule has 0 saturated heterocycles. The van der Waals surface area contributed by atoms with Gasteiger partial charge < -0.3 is 14.8 Å². The number of nitrogens with one attached hydrogen (secondary N) is 1. The van der Waals surface area contributed by atoms with Crippen molar-refractivity contribution in [2.24, 2.45) is 5.92 Å². The minimum absolute atomic E-state index is 0.258. The summed E-state index contributed by atoms with van der Waals surface area (Å²) in [5, 5.41) is 3.45. The molecule has 0 aromatic carbocycles. The van der Waals surface area contributed by atoms with Crippen LogP contribution in [0, 0.1) is 5.92 Å². The van der Waals surface area contributed by atoms with E-state index in [0.29, 0.717) is 18.1 Å². The van der Waals surface area contributed by atoms with E-state index in [2.05, 4.69) is 33.0 Å². The van der Waals surface area contributed by atoms with Crippen molar-refractivity contribution >= 4 is 0 Å². The molecule has 3 nitrogen and oxygen atoms in total. The summed E-state index contributed by atoms with van der Waals surface area (Å²) >= 11 is 0. The lowest BCUT2D eigenvalue weighted by molar-refractivity contribution is -0.149. The molecule has 0 heterocycles. The summed E-state index contributed by atoms with van der Waals surface area (Å²) in [6, 6.07) is 0.492. The lowest BCUT2D eigenvalue weighted by Crippen LogP contribution is -2.60. The van der Waals surface area contributed by atoms with Crippen molar-refractivity contribution in [1.29, 1.82) is 0 Å². The molecule has 4 unspecified atom stereocenters. The Morgan fingerprint density at radius 2 is 2.00 bits per heavy atom. The Balaban J connectivity index is 2.24. The topological polar surface area (TPSA) is 30.5 Å². The van der Waals surface area contributed by atoms with Crippen LogP contribution in [0.2, 0.25) is 0 Å². The van der Waals surface area contributed by atoms with E-state index in [9.17, 15) is 0 Å². The van der Waals surface area contributed by atoms with Crippen LogP contribution in [0.15, 0.2) is 0 Å². The molecule has 0 aliphatic heterocycles. The van der Waals surface area contributed by atoms with E-state index in [4.69, 9.17) is 9.47 Å². The van der Waals surface area contributed by atoms with Crippen LogP contribution < -0.4 is 5.32 Å². The van der Waals surface area contributed by atoms with Gasteiger partial charge in [-0.05, 0) is 32.2 Å². The van der Waals surface area contributed by atoms with E-state index in [1.165, 1.54) is 12.8 Å². The molecule has 0 amide bonds. The third-order valence-corrected chi connectivity index (χ3v) is 3.45. The molecule has 0 aromatic rings. The Kier molecular flexibility index (Phi) is 7.09. The molecule has 1 saturated carbocycles. The van der Waals surface area contributed by atoms with Crippen LogP contribution in [0.25, 0.3) is 0 Å². The van der Waals surface area contributed by atoms with Crippen molar-refractivity contribution in [2.45, 2.75) is 65.2 Å². The molecule has 1 N–H and O–H groups in total. The minimum Gasteiger partial charge on any atom is -0.375 e. The van der Waals surface area contributed by atoms with Gasteiger partial charge in [0.15, 0.2) is 0 Å². The van der Waals surface area contributed by atoms with Crippen LogP contribution in [0.3, 0.4) is 0 Å². The molecule has 1 rings (SSSR count). The zero-order valence-corrected chi connectivity index (χ0v) is 11.9. The maximum Gasteiger partial charge on any atom is 0.0990 e. The van der Waals surface area contributed by atoms with Crippen molar-refractivity contribution in [3.05, 3.63) is 0 Å². The Bertz CT molecular complexity index is 199. The summed E-state index contributed by atoms with van der Waals surface area (Å²) in [5.41, 5.74) is 0. The van der Waals surface area contributed by atoms with Crippen molar-refractivity contribution in [1.82, 2.24) is 5.32 Å². The van der Waals surface area contributed by atoms with Gasteiger partial charge in [0.2, 0.25) is 0 Å². The smallest absolute Gasteiger partial charge is 0.0990 e. The van der Waals surface area contributed by atoms with Gasteiger partial charge in [-0.2, -0.15) is 0 Å². The van der Waals surface area contributed by atoms with Crippen LogP contribution in [0.1, 0.15) is 47.0 Å². The van der Waals surface area contributed by atoms with E-state index in [1.807, 2.05) is 0 Å². The lowest BCUT2D eigenvalue weighted by atomic mass is 9.85. The van der Waals surface area contributed by atoms with Crippen LogP contribution in [-0.2, 0) is 9.47 Å². The highest BCUT2D eigenvalue weighted by Crippen LogP contribution is 2.28. The zero-order chi connectivity index (χ0) is 12.7. The maximum atomic E-state index is 5.97. The van der Waals surface area contributed by atoms with Crippen LogP contribution in [0.4, 0.5) is 0 Å². The monoisotopic (exact) mass is 243 g/mol. The Hall–Kier alpha value is -0.120. The standard InChI is InChI=1S/C14H29NO2/c1-5-8-11(4)10-17-13-9-12(15-6-2)14(13)16-7-3/h11-15H,5-10H2,1-4H3. The number of ether oxygens (including phenoxy) is 2. The lowest BCUT2D eigenvalue weighted by Gasteiger charge is -2.44. The van der Waals surface area contributed by atoms with Crippen LogP contribution in [-0.4, -0.2) is 38.0 Å². The van der Waals surface area contributed by atoms with Gasteiger partial charge in [0.25, 0.3) is 0 Å². The van der Waals surface area contributed by atoms with E-state index in [-0.39, 0.29) is 6.10 Å². The first-order valence-electron chi connectivity index (χ1n) is 7.19. The van der Waals surface area contributed by atoms with E-state index in [1.54, 1.807) is 0 Å². The highest BCUT2D eigenvalue weighted by molar-refractivity contribution is 4.97. The summed E-state index contributed by atoms with van der Waals surface area (Å²) in [6.07, 6.45) is 4.15. The average molecular weight is 243 g/mol. The highest BCUT2D eigenvalue weighted by Gasteiger charge is 2.42.